The molecule has 8 heteroatoms. The van der Waals surface area contributed by atoms with E-state index in [2.05, 4.69) is 10.1 Å². The Labute approximate surface area is 119 Å². The lowest BCUT2D eigenvalue weighted by Crippen LogP contribution is -2.56. The van der Waals surface area contributed by atoms with Gasteiger partial charge in [-0.05, 0) is 18.6 Å². The number of hydrogen-bond acceptors (Lipinski definition) is 4. The second kappa shape index (κ2) is 5.44. The summed E-state index contributed by atoms with van der Waals surface area (Å²) in [5, 5.41) is 13.8. The van der Waals surface area contributed by atoms with Gasteiger partial charge in [0.2, 0.25) is 0 Å². The largest absolute Gasteiger partial charge is 0.438 e. The number of carbonyl (C=O) groups is 1. The number of pyridine rings is 1. The Hall–Kier alpha value is -1.96. The summed E-state index contributed by atoms with van der Waals surface area (Å²) in [5.74, 6) is -1.03. The molecule has 0 spiro atoms. The number of hydrazone groups is 1. The summed E-state index contributed by atoms with van der Waals surface area (Å²) in [6.45, 7) is 1.78. The Balaban J connectivity index is 2.39. The van der Waals surface area contributed by atoms with Crippen LogP contribution in [0.3, 0.4) is 0 Å². The van der Waals surface area contributed by atoms with Crippen LogP contribution < -0.4 is 0 Å². The molecule has 5 nitrogen and oxygen atoms in total. The van der Waals surface area contributed by atoms with E-state index in [1.54, 1.807) is 6.92 Å². The lowest BCUT2D eigenvalue weighted by Gasteiger charge is -2.32. The summed E-state index contributed by atoms with van der Waals surface area (Å²) in [6.07, 6.45) is -2.34. The van der Waals surface area contributed by atoms with Gasteiger partial charge in [-0.15, -0.1) is 0 Å². The molecule has 0 unspecified atom stereocenters. The van der Waals surface area contributed by atoms with Gasteiger partial charge in [0.15, 0.2) is 0 Å². The molecular weight excluding hydrogens is 287 g/mol. The molecular formula is C13H14F3N3O2. The molecule has 1 aliphatic heterocycles. The maximum atomic E-state index is 13.2. The molecule has 0 aromatic carbocycles. The summed E-state index contributed by atoms with van der Waals surface area (Å²) >= 11 is 0. The first kappa shape index (κ1) is 15.4. The van der Waals surface area contributed by atoms with E-state index in [1.165, 1.54) is 18.3 Å². The molecule has 2 heterocycles. The molecule has 0 saturated carbocycles. The van der Waals surface area contributed by atoms with Gasteiger partial charge >= 0.3 is 6.18 Å². The van der Waals surface area contributed by atoms with Crippen molar-refractivity contribution in [2.45, 2.75) is 38.1 Å². The first-order valence-corrected chi connectivity index (χ1v) is 6.39. The van der Waals surface area contributed by atoms with E-state index in [1.807, 2.05) is 0 Å². The molecule has 114 valence electrons. The molecule has 0 aliphatic carbocycles. The minimum atomic E-state index is -5.00. The predicted molar refractivity (Wildman–Crippen MR) is 68.4 cm³/mol. The topological polar surface area (TPSA) is 65.8 Å². The van der Waals surface area contributed by atoms with Gasteiger partial charge in [-0.3, -0.25) is 9.78 Å². The Morgan fingerprint density at radius 3 is 2.76 bits per heavy atom. The van der Waals surface area contributed by atoms with Crippen molar-refractivity contribution >= 4 is 11.6 Å². The van der Waals surface area contributed by atoms with Crippen LogP contribution in [0.5, 0.6) is 0 Å². The monoisotopic (exact) mass is 301 g/mol. The summed E-state index contributed by atoms with van der Waals surface area (Å²) in [7, 11) is 0. The average Bonchev–Trinajstić information content (AvgIpc) is 2.77. The van der Waals surface area contributed by atoms with Gasteiger partial charge in [-0.25, -0.2) is 0 Å². The second-order valence-electron chi connectivity index (χ2n) is 4.77. The summed E-state index contributed by atoms with van der Waals surface area (Å²) in [5.41, 5.74) is -3.22. The average molecular weight is 301 g/mol. The molecule has 1 amide bonds. The summed E-state index contributed by atoms with van der Waals surface area (Å²) in [6, 6.07) is 2.74. The van der Waals surface area contributed by atoms with Crippen molar-refractivity contribution in [3.05, 3.63) is 30.1 Å². The normalized spacial score (nSPS) is 22.3. The van der Waals surface area contributed by atoms with Crippen LogP contribution in [0.1, 0.15) is 36.5 Å². The highest BCUT2D eigenvalue weighted by molar-refractivity contribution is 5.98. The van der Waals surface area contributed by atoms with E-state index >= 15 is 0 Å². The highest BCUT2D eigenvalue weighted by atomic mass is 19.4. The maximum absolute atomic E-state index is 13.2. The third-order valence-electron chi connectivity index (χ3n) is 3.14. The number of nitrogens with zero attached hydrogens (tertiary/aromatic N) is 3. The number of alkyl halides is 3. The van der Waals surface area contributed by atoms with Crippen LogP contribution in [0, 0.1) is 0 Å². The Morgan fingerprint density at radius 1 is 1.52 bits per heavy atom. The number of aliphatic hydroxyl groups is 1. The van der Waals surface area contributed by atoms with Crippen molar-refractivity contribution in [1.29, 1.82) is 0 Å². The number of aromatic nitrogens is 1. The SMILES string of the molecule is CCCC1=NN(C(=O)c2cccnc2)[C@@](O)(C(F)(F)F)C1. The van der Waals surface area contributed by atoms with E-state index in [4.69, 9.17) is 0 Å². The molecule has 0 radical (unpaired) electrons. The van der Waals surface area contributed by atoms with Gasteiger partial charge < -0.3 is 5.11 Å². The molecule has 1 atom stereocenters. The van der Waals surface area contributed by atoms with Crippen LogP contribution in [0.25, 0.3) is 0 Å². The third-order valence-corrected chi connectivity index (χ3v) is 3.14. The van der Waals surface area contributed by atoms with Crippen LogP contribution in [-0.4, -0.2) is 38.6 Å². The fourth-order valence-electron chi connectivity index (χ4n) is 2.09. The fourth-order valence-corrected chi connectivity index (χ4v) is 2.09. The van der Waals surface area contributed by atoms with Gasteiger partial charge in [-0.2, -0.15) is 23.3 Å². The van der Waals surface area contributed by atoms with E-state index in [0.29, 0.717) is 6.42 Å². The van der Waals surface area contributed by atoms with Crippen LogP contribution in [0.2, 0.25) is 0 Å². The van der Waals surface area contributed by atoms with Gasteiger partial charge in [-0.1, -0.05) is 13.3 Å². The number of hydrogen-bond donors (Lipinski definition) is 1. The number of rotatable bonds is 3. The smallest absolute Gasteiger partial charge is 0.362 e. The molecule has 21 heavy (non-hydrogen) atoms. The van der Waals surface area contributed by atoms with E-state index in [0.717, 1.165) is 6.20 Å². The molecule has 1 aromatic rings. The molecule has 0 fully saturated rings. The van der Waals surface area contributed by atoms with Gasteiger partial charge in [0.05, 0.1) is 5.56 Å². The summed E-state index contributed by atoms with van der Waals surface area (Å²) < 4.78 is 39.5. The Morgan fingerprint density at radius 2 is 2.24 bits per heavy atom. The third kappa shape index (κ3) is 2.76. The number of carbonyl (C=O) groups excluding carboxylic acids is 1. The lowest BCUT2D eigenvalue weighted by atomic mass is 10.0. The zero-order chi connectivity index (χ0) is 15.7. The first-order valence-electron chi connectivity index (χ1n) is 6.39. The predicted octanol–water partition coefficient (Wildman–Crippen LogP) is 2.33. The molecule has 0 bridgehead atoms. The Kier molecular flexibility index (Phi) is 3.99. The van der Waals surface area contributed by atoms with Gasteiger partial charge in [0.25, 0.3) is 11.6 Å². The maximum Gasteiger partial charge on any atom is 0.438 e. The minimum absolute atomic E-state index is 0.0679. The number of amides is 1. The van der Waals surface area contributed by atoms with E-state index < -0.39 is 24.2 Å². The van der Waals surface area contributed by atoms with Crippen LogP contribution in [0.15, 0.2) is 29.6 Å². The molecule has 2 rings (SSSR count). The zero-order valence-electron chi connectivity index (χ0n) is 11.3. The van der Waals surface area contributed by atoms with Crippen molar-refractivity contribution < 1.29 is 23.1 Å². The second-order valence-corrected chi connectivity index (χ2v) is 4.77. The molecule has 1 aliphatic rings. The van der Waals surface area contributed by atoms with Crippen LogP contribution in [-0.2, 0) is 0 Å². The van der Waals surface area contributed by atoms with Crippen molar-refractivity contribution in [2.24, 2.45) is 5.10 Å². The van der Waals surface area contributed by atoms with Gasteiger partial charge in [0, 0.05) is 24.5 Å². The molecule has 0 saturated heterocycles. The van der Waals surface area contributed by atoms with Crippen LogP contribution >= 0.6 is 0 Å². The summed E-state index contributed by atoms with van der Waals surface area (Å²) in [4.78, 5) is 15.9. The first-order chi connectivity index (χ1) is 9.79. The minimum Gasteiger partial charge on any atom is -0.362 e. The molecule has 1 N–H and O–H groups in total. The Bertz CT molecular complexity index is 560. The molecule has 1 aromatic heterocycles. The highest BCUT2D eigenvalue weighted by Gasteiger charge is 2.63. The zero-order valence-corrected chi connectivity index (χ0v) is 11.3. The quantitative estimate of drug-likeness (QED) is 0.932. The standard InChI is InChI=1S/C13H14F3N3O2/c1-2-4-10-7-12(21,13(14,15)16)19(18-10)11(20)9-5-3-6-17-8-9/h3,5-6,8,21H,2,4,7H2,1H3/t12-/m0/s1. The number of halogens is 3. The van der Waals surface area contributed by atoms with Crippen molar-refractivity contribution in [2.75, 3.05) is 0 Å². The lowest BCUT2D eigenvalue weighted by molar-refractivity contribution is -0.297. The van der Waals surface area contributed by atoms with E-state index in [-0.39, 0.29) is 22.7 Å². The van der Waals surface area contributed by atoms with Crippen molar-refractivity contribution in [1.82, 2.24) is 9.99 Å². The van der Waals surface area contributed by atoms with Crippen molar-refractivity contribution in [3.63, 3.8) is 0 Å². The fraction of sp³-hybridized carbons (Fsp3) is 0.462. The highest BCUT2D eigenvalue weighted by Crippen LogP contribution is 2.41. The van der Waals surface area contributed by atoms with E-state index in [9.17, 15) is 23.1 Å². The van der Waals surface area contributed by atoms with Gasteiger partial charge in [0.1, 0.15) is 0 Å². The van der Waals surface area contributed by atoms with Crippen molar-refractivity contribution in [3.8, 4) is 0 Å². The van der Waals surface area contributed by atoms with Crippen LogP contribution in [0.4, 0.5) is 13.2 Å².